The van der Waals surface area contributed by atoms with Crippen molar-refractivity contribution in [2.45, 2.75) is 32.8 Å². The van der Waals surface area contributed by atoms with Crippen molar-refractivity contribution >= 4 is 27.9 Å². The fourth-order valence-electron chi connectivity index (χ4n) is 3.93. The third-order valence-electron chi connectivity index (χ3n) is 5.77. The molecule has 0 saturated carbocycles. The van der Waals surface area contributed by atoms with Crippen LogP contribution in [0.15, 0.2) is 53.3 Å². The first kappa shape index (κ1) is 29.2. The fraction of sp³-hybridized carbons (Fsp3) is 0.345. The SMILES string of the molecule is COCCOCc1ccc(-c2cc(C=Cc3ccc(NS(C)(=O)=O)cc3)c(OC)c(C(C)(C)C)c2)c(=O)[nH]1. The molecule has 9 heteroatoms. The van der Waals surface area contributed by atoms with Gasteiger partial charge in [-0.2, -0.15) is 0 Å². The summed E-state index contributed by atoms with van der Waals surface area (Å²) in [5.74, 6) is 0.729. The normalized spacial score (nSPS) is 12.2. The average molecular weight is 541 g/mol. The number of methoxy groups -OCH3 is 2. The highest BCUT2D eigenvalue weighted by atomic mass is 32.2. The van der Waals surface area contributed by atoms with Crippen molar-refractivity contribution in [3.05, 3.63) is 81.3 Å². The topological polar surface area (TPSA) is 107 Å². The fourth-order valence-corrected chi connectivity index (χ4v) is 4.49. The monoisotopic (exact) mass is 540 g/mol. The minimum Gasteiger partial charge on any atom is -0.496 e. The summed E-state index contributed by atoms with van der Waals surface area (Å²) >= 11 is 0. The summed E-state index contributed by atoms with van der Waals surface area (Å²) in [5.41, 5.74) is 4.72. The number of sulfonamides is 1. The van der Waals surface area contributed by atoms with Gasteiger partial charge in [-0.1, -0.05) is 45.1 Å². The van der Waals surface area contributed by atoms with Crippen LogP contribution in [-0.2, 0) is 31.5 Å². The molecule has 3 rings (SSSR count). The van der Waals surface area contributed by atoms with Gasteiger partial charge in [-0.3, -0.25) is 9.52 Å². The molecule has 1 aromatic heterocycles. The molecule has 2 N–H and O–H groups in total. The molecule has 1 heterocycles. The van der Waals surface area contributed by atoms with Crippen LogP contribution >= 0.6 is 0 Å². The van der Waals surface area contributed by atoms with E-state index < -0.39 is 10.0 Å². The lowest BCUT2D eigenvalue weighted by Gasteiger charge is -2.24. The van der Waals surface area contributed by atoms with Crippen LogP contribution < -0.4 is 15.0 Å². The summed E-state index contributed by atoms with van der Waals surface area (Å²) in [4.78, 5) is 15.9. The van der Waals surface area contributed by atoms with Gasteiger partial charge in [0.15, 0.2) is 0 Å². The van der Waals surface area contributed by atoms with E-state index in [0.717, 1.165) is 34.3 Å². The highest BCUT2D eigenvalue weighted by Crippen LogP contribution is 2.38. The Balaban J connectivity index is 1.99. The van der Waals surface area contributed by atoms with Gasteiger partial charge in [-0.15, -0.1) is 0 Å². The van der Waals surface area contributed by atoms with Crippen LogP contribution in [0.4, 0.5) is 5.69 Å². The van der Waals surface area contributed by atoms with Crippen molar-refractivity contribution < 1.29 is 22.6 Å². The molecule has 0 amide bonds. The van der Waals surface area contributed by atoms with Gasteiger partial charge in [0.25, 0.3) is 5.56 Å². The van der Waals surface area contributed by atoms with Crippen LogP contribution in [0, 0.1) is 0 Å². The second-order valence-corrected chi connectivity index (χ2v) is 11.7. The highest BCUT2D eigenvalue weighted by molar-refractivity contribution is 7.92. The number of ether oxygens (including phenoxy) is 3. The molecule has 204 valence electrons. The lowest BCUT2D eigenvalue weighted by atomic mass is 9.83. The van der Waals surface area contributed by atoms with Gasteiger partial charge in [-0.05, 0) is 52.9 Å². The largest absolute Gasteiger partial charge is 0.496 e. The Bertz CT molecular complexity index is 1440. The lowest BCUT2D eigenvalue weighted by molar-refractivity contribution is 0.0601. The van der Waals surface area contributed by atoms with E-state index >= 15 is 0 Å². The molecule has 2 aromatic carbocycles. The number of aromatic amines is 1. The Kier molecular flexibility index (Phi) is 9.54. The molecule has 0 spiro atoms. The molecule has 0 unspecified atom stereocenters. The molecule has 3 aromatic rings. The van der Waals surface area contributed by atoms with Gasteiger partial charge in [-0.25, -0.2) is 8.42 Å². The summed E-state index contributed by atoms with van der Waals surface area (Å²) in [6, 6.07) is 14.6. The number of hydrogen-bond acceptors (Lipinski definition) is 6. The zero-order valence-electron chi connectivity index (χ0n) is 22.8. The van der Waals surface area contributed by atoms with Crippen molar-refractivity contribution in [1.82, 2.24) is 4.98 Å². The van der Waals surface area contributed by atoms with Crippen molar-refractivity contribution in [1.29, 1.82) is 0 Å². The number of hydrogen-bond donors (Lipinski definition) is 2. The van der Waals surface area contributed by atoms with Crippen LogP contribution in [0.1, 0.15) is 43.2 Å². The first-order valence-electron chi connectivity index (χ1n) is 12.2. The summed E-state index contributed by atoms with van der Waals surface area (Å²) in [6.45, 7) is 7.52. The third-order valence-corrected chi connectivity index (χ3v) is 6.38. The van der Waals surface area contributed by atoms with Crippen LogP contribution in [0.5, 0.6) is 5.75 Å². The number of aromatic nitrogens is 1. The Morgan fingerprint density at radius 3 is 2.26 bits per heavy atom. The number of benzene rings is 2. The molecule has 38 heavy (non-hydrogen) atoms. The van der Waals surface area contributed by atoms with E-state index in [1.165, 1.54) is 0 Å². The summed E-state index contributed by atoms with van der Waals surface area (Å²) in [5, 5.41) is 0. The molecule has 0 saturated heterocycles. The van der Waals surface area contributed by atoms with E-state index in [4.69, 9.17) is 14.2 Å². The van der Waals surface area contributed by atoms with Gasteiger partial charge >= 0.3 is 0 Å². The summed E-state index contributed by atoms with van der Waals surface area (Å²) < 4.78 is 41.7. The number of nitrogens with one attached hydrogen (secondary N) is 2. The number of rotatable bonds is 11. The number of H-pyrrole nitrogens is 1. The molecular weight excluding hydrogens is 504 g/mol. The van der Waals surface area contributed by atoms with E-state index in [9.17, 15) is 13.2 Å². The molecule has 0 radical (unpaired) electrons. The smallest absolute Gasteiger partial charge is 0.256 e. The minimum atomic E-state index is -3.34. The van der Waals surface area contributed by atoms with E-state index in [2.05, 4.69) is 30.5 Å². The predicted octanol–water partition coefficient (Wildman–Crippen LogP) is 5.05. The zero-order chi connectivity index (χ0) is 27.9. The van der Waals surface area contributed by atoms with Crippen LogP contribution in [0.2, 0.25) is 0 Å². The second-order valence-electron chi connectivity index (χ2n) is 10.00. The van der Waals surface area contributed by atoms with Crippen LogP contribution in [0.25, 0.3) is 23.3 Å². The van der Waals surface area contributed by atoms with E-state index in [-0.39, 0.29) is 11.0 Å². The van der Waals surface area contributed by atoms with E-state index in [1.807, 2.05) is 48.6 Å². The van der Waals surface area contributed by atoms with Gasteiger partial charge in [0, 0.05) is 35.2 Å². The van der Waals surface area contributed by atoms with E-state index in [1.54, 1.807) is 26.4 Å². The minimum absolute atomic E-state index is 0.202. The van der Waals surface area contributed by atoms with Gasteiger partial charge < -0.3 is 19.2 Å². The maximum Gasteiger partial charge on any atom is 0.256 e. The Morgan fingerprint density at radius 2 is 1.68 bits per heavy atom. The third kappa shape index (κ3) is 8.05. The Hall–Kier alpha value is -3.40. The first-order valence-corrected chi connectivity index (χ1v) is 14.1. The van der Waals surface area contributed by atoms with Crippen molar-refractivity contribution in [3.8, 4) is 16.9 Å². The van der Waals surface area contributed by atoms with Gasteiger partial charge in [0.2, 0.25) is 10.0 Å². The highest BCUT2D eigenvalue weighted by Gasteiger charge is 2.23. The predicted molar refractivity (Wildman–Crippen MR) is 153 cm³/mol. The zero-order valence-corrected chi connectivity index (χ0v) is 23.6. The quantitative estimate of drug-likeness (QED) is 0.260. The maximum absolute atomic E-state index is 13.0. The lowest BCUT2D eigenvalue weighted by Crippen LogP contribution is -2.16. The molecular formula is C29H36N2O6S. The summed E-state index contributed by atoms with van der Waals surface area (Å²) in [6.07, 6.45) is 4.97. The van der Waals surface area contributed by atoms with E-state index in [0.29, 0.717) is 36.8 Å². The van der Waals surface area contributed by atoms with Gasteiger partial charge in [0.1, 0.15) is 5.75 Å². The Labute approximate surface area is 224 Å². The van der Waals surface area contributed by atoms with Crippen molar-refractivity contribution in [3.63, 3.8) is 0 Å². The Morgan fingerprint density at radius 1 is 0.974 bits per heavy atom. The average Bonchev–Trinajstić information content (AvgIpc) is 2.84. The standard InChI is InChI=1S/C29H36N2O6S/c1-29(2,3)26-18-22(25-14-13-24(30-28(25)32)19-37-16-15-35-4)17-21(27(26)36-5)10-7-20-8-11-23(12-9-20)31-38(6,33)34/h7-14,17-18,31H,15-16,19H2,1-6H3,(H,30,32). The second kappa shape index (κ2) is 12.4. The van der Waals surface area contributed by atoms with Gasteiger partial charge in [0.05, 0.1) is 33.2 Å². The first-order chi connectivity index (χ1) is 17.9. The maximum atomic E-state index is 13.0. The molecule has 0 aliphatic rings. The molecule has 0 fully saturated rings. The number of anilines is 1. The molecule has 0 aliphatic carbocycles. The molecule has 8 nitrogen and oxygen atoms in total. The van der Waals surface area contributed by atoms with Crippen molar-refractivity contribution in [2.24, 2.45) is 0 Å². The number of pyridine rings is 1. The molecule has 0 aliphatic heterocycles. The molecule has 0 atom stereocenters. The summed E-state index contributed by atoms with van der Waals surface area (Å²) in [7, 11) is -0.0947. The van der Waals surface area contributed by atoms with Crippen LogP contribution in [-0.4, -0.2) is 47.1 Å². The van der Waals surface area contributed by atoms with Crippen molar-refractivity contribution in [2.75, 3.05) is 38.4 Å². The molecule has 0 bridgehead atoms. The van der Waals surface area contributed by atoms with Crippen LogP contribution in [0.3, 0.4) is 0 Å².